The van der Waals surface area contributed by atoms with Crippen molar-refractivity contribution in [1.82, 2.24) is 0 Å². The van der Waals surface area contributed by atoms with Gasteiger partial charge in [0.05, 0.1) is 0 Å². The fourth-order valence-electron chi connectivity index (χ4n) is 2.17. The summed E-state index contributed by atoms with van der Waals surface area (Å²) >= 11 is 3.47. The topological polar surface area (TPSA) is 41.1 Å². The van der Waals surface area contributed by atoms with E-state index in [1.807, 2.05) is 57.2 Å². The first kappa shape index (κ1) is 15.6. The number of amides is 1. The number of hydrogen-bond acceptors (Lipinski definition) is 2. The van der Waals surface area contributed by atoms with Crippen LogP contribution in [0.15, 0.2) is 40.9 Å². The zero-order valence-corrected chi connectivity index (χ0v) is 14.0. The normalized spacial score (nSPS) is 10.3. The second-order valence-electron chi connectivity index (χ2n) is 4.93. The fourth-order valence-corrected chi connectivity index (χ4v) is 2.53. The Kier molecular flexibility index (Phi) is 5.02. The molecule has 1 amide bonds. The largest absolute Gasteiger partial charge is 0.385 e. The van der Waals surface area contributed by atoms with Crippen LogP contribution in [-0.4, -0.2) is 12.5 Å². The number of rotatable bonds is 4. The van der Waals surface area contributed by atoms with Gasteiger partial charge in [-0.2, -0.15) is 0 Å². The number of carbonyl (C=O) groups is 1. The lowest BCUT2D eigenvalue weighted by molar-refractivity contribution is 0.102. The van der Waals surface area contributed by atoms with Crippen LogP contribution >= 0.6 is 15.9 Å². The van der Waals surface area contributed by atoms with Gasteiger partial charge in [-0.1, -0.05) is 22.0 Å². The molecule has 0 radical (unpaired) electrons. The molecule has 0 aliphatic carbocycles. The Hall–Kier alpha value is -1.81. The molecule has 2 N–H and O–H groups in total. The van der Waals surface area contributed by atoms with Gasteiger partial charge in [0, 0.05) is 28.0 Å². The van der Waals surface area contributed by atoms with Crippen molar-refractivity contribution < 1.29 is 4.79 Å². The van der Waals surface area contributed by atoms with Crippen LogP contribution < -0.4 is 10.6 Å². The smallest absolute Gasteiger partial charge is 0.255 e. The number of benzene rings is 2. The van der Waals surface area contributed by atoms with Gasteiger partial charge in [0.2, 0.25) is 0 Å². The predicted molar refractivity (Wildman–Crippen MR) is 92.2 cm³/mol. The molecular weight excluding hydrogens is 328 g/mol. The van der Waals surface area contributed by atoms with Gasteiger partial charge < -0.3 is 10.6 Å². The van der Waals surface area contributed by atoms with Gasteiger partial charge in [-0.05, 0) is 62.2 Å². The summed E-state index contributed by atoms with van der Waals surface area (Å²) in [5, 5.41) is 6.21. The fraction of sp³-hybridized carbons (Fsp3) is 0.235. The molecule has 0 heterocycles. The molecule has 0 aromatic heterocycles. The van der Waals surface area contributed by atoms with Crippen molar-refractivity contribution in [3.05, 3.63) is 57.6 Å². The molecule has 2 aromatic carbocycles. The van der Waals surface area contributed by atoms with Crippen LogP contribution in [0, 0.1) is 13.8 Å². The number of nitrogens with one attached hydrogen (secondary N) is 2. The summed E-state index contributed by atoms with van der Waals surface area (Å²) in [4.78, 5) is 12.4. The van der Waals surface area contributed by atoms with Crippen LogP contribution in [0.4, 0.5) is 11.4 Å². The maximum atomic E-state index is 12.4. The van der Waals surface area contributed by atoms with E-state index in [1.165, 1.54) is 0 Å². The van der Waals surface area contributed by atoms with Crippen LogP contribution in [-0.2, 0) is 0 Å². The van der Waals surface area contributed by atoms with Crippen LogP contribution in [0.5, 0.6) is 0 Å². The quantitative estimate of drug-likeness (QED) is 0.838. The first-order chi connectivity index (χ1) is 10.0. The lowest BCUT2D eigenvalue weighted by Gasteiger charge is -2.12. The molecule has 0 fully saturated rings. The van der Waals surface area contributed by atoms with E-state index in [4.69, 9.17) is 0 Å². The molecule has 110 valence electrons. The van der Waals surface area contributed by atoms with E-state index >= 15 is 0 Å². The van der Waals surface area contributed by atoms with Gasteiger partial charge in [0.1, 0.15) is 0 Å². The van der Waals surface area contributed by atoms with Crippen LogP contribution in [0.1, 0.15) is 28.4 Å². The molecule has 3 nitrogen and oxygen atoms in total. The van der Waals surface area contributed by atoms with Crippen molar-refractivity contribution in [2.75, 3.05) is 17.2 Å². The Morgan fingerprint density at radius 1 is 1.19 bits per heavy atom. The maximum Gasteiger partial charge on any atom is 0.255 e. The van der Waals surface area contributed by atoms with Gasteiger partial charge in [0.15, 0.2) is 0 Å². The average molecular weight is 347 g/mol. The highest BCUT2D eigenvalue weighted by Crippen LogP contribution is 2.24. The Bertz CT molecular complexity index is 668. The molecule has 0 bridgehead atoms. The number of carbonyl (C=O) groups excluding carboxylic acids is 1. The van der Waals surface area contributed by atoms with Gasteiger partial charge in [-0.15, -0.1) is 0 Å². The Labute approximate surface area is 133 Å². The van der Waals surface area contributed by atoms with E-state index in [0.717, 1.165) is 33.5 Å². The van der Waals surface area contributed by atoms with E-state index in [9.17, 15) is 4.79 Å². The molecular formula is C17H19BrN2O. The summed E-state index contributed by atoms with van der Waals surface area (Å²) in [5.41, 5.74) is 4.53. The number of anilines is 2. The lowest BCUT2D eigenvalue weighted by atomic mass is 10.1. The molecule has 2 aromatic rings. The van der Waals surface area contributed by atoms with Gasteiger partial charge in [0.25, 0.3) is 5.91 Å². The highest BCUT2D eigenvalue weighted by Gasteiger charge is 2.11. The zero-order chi connectivity index (χ0) is 15.4. The molecule has 0 atom stereocenters. The minimum Gasteiger partial charge on any atom is -0.385 e. The summed E-state index contributed by atoms with van der Waals surface area (Å²) in [6.07, 6.45) is 0. The van der Waals surface area contributed by atoms with Crippen molar-refractivity contribution in [1.29, 1.82) is 0 Å². The van der Waals surface area contributed by atoms with Gasteiger partial charge >= 0.3 is 0 Å². The van der Waals surface area contributed by atoms with E-state index in [1.54, 1.807) is 0 Å². The maximum absolute atomic E-state index is 12.4. The SMILES string of the molecule is CCNc1ccc(C(=O)Nc2cccc(Br)c2C)c(C)c1. The Balaban J connectivity index is 2.22. The third kappa shape index (κ3) is 3.64. The summed E-state index contributed by atoms with van der Waals surface area (Å²) in [6, 6.07) is 11.6. The highest BCUT2D eigenvalue weighted by atomic mass is 79.9. The first-order valence-electron chi connectivity index (χ1n) is 6.94. The molecule has 0 aliphatic heterocycles. The Morgan fingerprint density at radius 3 is 2.62 bits per heavy atom. The van der Waals surface area contributed by atoms with Gasteiger partial charge in [-0.3, -0.25) is 4.79 Å². The summed E-state index contributed by atoms with van der Waals surface area (Å²) in [6.45, 7) is 6.83. The first-order valence-corrected chi connectivity index (χ1v) is 7.73. The van der Waals surface area contributed by atoms with Crippen molar-refractivity contribution in [3.63, 3.8) is 0 Å². The average Bonchev–Trinajstić information content (AvgIpc) is 2.44. The van der Waals surface area contributed by atoms with Crippen LogP contribution in [0.2, 0.25) is 0 Å². The van der Waals surface area contributed by atoms with Gasteiger partial charge in [-0.25, -0.2) is 0 Å². The molecule has 0 spiro atoms. The highest BCUT2D eigenvalue weighted by molar-refractivity contribution is 9.10. The van der Waals surface area contributed by atoms with Crippen LogP contribution in [0.3, 0.4) is 0 Å². The monoisotopic (exact) mass is 346 g/mol. The lowest BCUT2D eigenvalue weighted by Crippen LogP contribution is -2.14. The summed E-state index contributed by atoms with van der Waals surface area (Å²) in [5.74, 6) is -0.0863. The van der Waals surface area contributed by atoms with E-state index < -0.39 is 0 Å². The molecule has 0 saturated heterocycles. The van der Waals surface area contributed by atoms with E-state index in [0.29, 0.717) is 5.56 Å². The molecule has 0 unspecified atom stereocenters. The van der Waals surface area contributed by atoms with E-state index in [-0.39, 0.29) is 5.91 Å². The van der Waals surface area contributed by atoms with E-state index in [2.05, 4.69) is 26.6 Å². The molecule has 0 aliphatic rings. The summed E-state index contributed by atoms with van der Waals surface area (Å²) < 4.78 is 0.986. The van der Waals surface area contributed by atoms with Crippen molar-refractivity contribution in [2.24, 2.45) is 0 Å². The molecule has 4 heteroatoms. The number of halogens is 1. The predicted octanol–water partition coefficient (Wildman–Crippen LogP) is 4.75. The minimum absolute atomic E-state index is 0.0863. The minimum atomic E-state index is -0.0863. The molecule has 0 saturated carbocycles. The second-order valence-corrected chi connectivity index (χ2v) is 5.78. The Morgan fingerprint density at radius 2 is 1.95 bits per heavy atom. The second kappa shape index (κ2) is 6.76. The van der Waals surface area contributed by atoms with Crippen molar-refractivity contribution in [2.45, 2.75) is 20.8 Å². The third-order valence-corrected chi connectivity index (χ3v) is 4.23. The zero-order valence-electron chi connectivity index (χ0n) is 12.5. The third-order valence-electron chi connectivity index (χ3n) is 3.37. The number of hydrogen-bond donors (Lipinski definition) is 2. The van der Waals surface area contributed by atoms with Crippen LogP contribution in [0.25, 0.3) is 0 Å². The molecule has 21 heavy (non-hydrogen) atoms. The number of aryl methyl sites for hydroxylation is 1. The standard InChI is InChI=1S/C17H19BrN2O/c1-4-19-13-8-9-14(11(2)10-13)17(21)20-16-7-5-6-15(18)12(16)3/h5-10,19H,4H2,1-3H3,(H,20,21). The van der Waals surface area contributed by atoms with Crippen molar-refractivity contribution >= 4 is 33.2 Å². The van der Waals surface area contributed by atoms with Crippen molar-refractivity contribution in [3.8, 4) is 0 Å². The summed E-state index contributed by atoms with van der Waals surface area (Å²) in [7, 11) is 0. The molecule has 2 rings (SSSR count).